The van der Waals surface area contributed by atoms with Crippen LogP contribution < -0.4 is 5.32 Å². The number of ether oxygens (including phenoxy) is 1. The van der Waals surface area contributed by atoms with E-state index in [-0.39, 0.29) is 24.5 Å². The minimum atomic E-state index is -0.335. The van der Waals surface area contributed by atoms with E-state index < -0.39 is 0 Å². The molecular weight excluding hydrogens is 316 g/mol. The van der Waals surface area contributed by atoms with Crippen LogP contribution in [0.3, 0.4) is 0 Å². The highest BCUT2D eigenvalue weighted by Gasteiger charge is 2.37. The molecule has 2 aliphatic heterocycles. The Hall–Kier alpha value is -2.22. The average molecular weight is 334 g/mol. The molecule has 0 saturated carbocycles. The number of carbonyl (C=O) groups is 2. The third kappa shape index (κ3) is 3.12. The molecule has 1 N–H and O–H groups in total. The second kappa shape index (κ2) is 6.49. The second-order valence-electron chi connectivity index (χ2n) is 5.33. The van der Waals surface area contributed by atoms with Gasteiger partial charge in [0.1, 0.15) is 0 Å². The lowest BCUT2D eigenvalue weighted by Crippen LogP contribution is -2.38. The lowest BCUT2D eigenvalue weighted by atomic mass is 10.1. The Morgan fingerprint density at radius 1 is 1.52 bits per heavy atom. The van der Waals surface area contributed by atoms with Gasteiger partial charge in [-0.1, -0.05) is 0 Å². The Morgan fingerprint density at radius 2 is 2.35 bits per heavy atom. The number of hydrogen-bond donors (Lipinski definition) is 1. The maximum absolute atomic E-state index is 12.2. The summed E-state index contributed by atoms with van der Waals surface area (Å²) in [5, 5.41) is 5.62. The summed E-state index contributed by atoms with van der Waals surface area (Å²) in [7, 11) is 0. The van der Waals surface area contributed by atoms with E-state index in [2.05, 4.69) is 15.3 Å². The van der Waals surface area contributed by atoms with Crippen molar-refractivity contribution in [1.82, 2.24) is 15.2 Å². The summed E-state index contributed by atoms with van der Waals surface area (Å²) < 4.78 is 5.14. The number of rotatable bonds is 4. The Labute approximate surface area is 138 Å². The van der Waals surface area contributed by atoms with Crippen molar-refractivity contribution in [3.63, 3.8) is 0 Å². The maximum Gasteiger partial charge on any atom is 0.337 e. The molecule has 0 bridgehead atoms. The molecule has 3 rings (SSSR count). The first-order valence-corrected chi connectivity index (χ1v) is 8.36. The molecule has 8 heteroatoms. The first-order valence-electron chi connectivity index (χ1n) is 7.48. The van der Waals surface area contributed by atoms with Gasteiger partial charge in [-0.05, 0) is 6.92 Å². The minimum absolute atomic E-state index is 0.0461. The fourth-order valence-corrected chi connectivity index (χ4v) is 3.52. The van der Waals surface area contributed by atoms with E-state index >= 15 is 0 Å². The van der Waals surface area contributed by atoms with Crippen molar-refractivity contribution in [3.05, 3.63) is 27.9 Å². The molecule has 0 spiro atoms. The van der Waals surface area contributed by atoms with Crippen molar-refractivity contribution < 1.29 is 14.3 Å². The molecule has 0 radical (unpaired) electrons. The van der Waals surface area contributed by atoms with Gasteiger partial charge < -0.3 is 15.0 Å². The van der Waals surface area contributed by atoms with Crippen LogP contribution in [0.15, 0.2) is 27.8 Å². The van der Waals surface area contributed by atoms with Crippen LogP contribution in [0.25, 0.3) is 0 Å². The Balaban J connectivity index is 1.92. The first-order chi connectivity index (χ1) is 11.1. The largest absolute Gasteiger partial charge is 0.463 e. The lowest BCUT2D eigenvalue weighted by Gasteiger charge is -2.26. The van der Waals surface area contributed by atoms with Crippen LogP contribution in [0.4, 0.5) is 0 Å². The first kappa shape index (κ1) is 15.7. The van der Waals surface area contributed by atoms with E-state index in [1.165, 1.54) is 18.3 Å². The summed E-state index contributed by atoms with van der Waals surface area (Å²) in [6.07, 6.45) is 2.33. The molecule has 2 aliphatic rings. The Bertz CT molecular complexity index is 681. The molecule has 3 heterocycles. The fraction of sp³-hybridized carbons (Fsp3) is 0.467. The summed E-state index contributed by atoms with van der Waals surface area (Å²) in [6, 6.07) is -0.0461. The molecular formula is C15H18N4O3S. The van der Waals surface area contributed by atoms with Crippen LogP contribution in [0.2, 0.25) is 0 Å². The predicted octanol–water partition coefficient (Wildman–Crippen LogP) is 0.931. The topological polar surface area (TPSA) is 83.9 Å². The van der Waals surface area contributed by atoms with E-state index in [4.69, 9.17) is 4.74 Å². The van der Waals surface area contributed by atoms with Gasteiger partial charge in [0.2, 0.25) is 5.91 Å². The van der Waals surface area contributed by atoms with Gasteiger partial charge in [-0.3, -0.25) is 9.79 Å². The summed E-state index contributed by atoms with van der Waals surface area (Å²) in [6.45, 7) is 4.47. The molecule has 7 nitrogen and oxygen atoms in total. The number of aromatic nitrogens is 1. The summed E-state index contributed by atoms with van der Waals surface area (Å²) >= 11 is 1.50. The zero-order valence-corrected chi connectivity index (χ0v) is 13.9. The van der Waals surface area contributed by atoms with Gasteiger partial charge in [-0.25, -0.2) is 9.78 Å². The molecule has 23 heavy (non-hydrogen) atoms. The highest BCUT2D eigenvalue weighted by atomic mass is 32.1. The number of amides is 1. The van der Waals surface area contributed by atoms with Gasteiger partial charge in [0.15, 0.2) is 10.8 Å². The van der Waals surface area contributed by atoms with Gasteiger partial charge in [-0.15, -0.1) is 11.3 Å². The van der Waals surface area contributed by atoms with Crippen LogP contribution in [0.5, 0.6) is 0 Å². The predicted molar refractivity (Wildman–Crippen MR) is 86.1 cm³/mol. The summed E-state index contributed by atoms with van der Waals surface area (Å²) in [5.74, 6) is 0.342. The molecule has 1 aromatic heterocycles. The van der Waals surface area contributed by atoms with Crippen molar-refractivity contribution in [3.8, 4) is 0 Å². The molecule has 122 valence electrons. The number of aliphatic imine (C=N–C) groups is 1. The number of nitrogens with zero attached hydrogens (tertiary/aromatic N) is 3. The molecule has 0 aromatic carbocycles. The molecule has 1 saturated heterocycles. The molecule has 1 amide bonds. The van der Waals surface area contributed by atoms with Crippen LogP contribution in [-0.4, -0.2) is 53.3 Å². The number of hydrogen-bond acceptors (Lipinski definition) is 7. The van der Waals surface area contributed by atoms with Crippen LogP contribution in [0.1, 0.15) is 25.3 Å². The van der Waals surface area contributed by atoms with E-state index in [0.717, 1.165) is 16.5 Å². The second-order valence-corrected chi connectivity index (χ2v) is 6.23. The smallest absolute Gasteiger partial charge is 0.337 e. The lowest BCUT2D eigenvalue weighted by molar-refractivity contribution is -0.138. The number of carbonyl (C=O) groups excluding carboxylic acids is 2. The van der Waals surface area contributed by atoms with Gasteiger partial charge in [0, 0.05) is 37.2 Å². The number of nitrogens with one attached hydrogen (secondary N) is 1. The highest BCUT2D eigenvalue weighted by Crippen LogP contribution is 2.31. The molecule has 1 unspecified atom stereocenters. The average Bonchev–Trinajstić information content (AvgIpc) is 3.14. The van der Waals surface area contributed by atoms with Crippen molar-refractivity contribution in [2.24, 2.45) is 4.99 Å². The number of esters is 1. The quantitative estimate of drug-likeness (QED) is 0.828. The molecule has 1 fully saturated rings. The highest BCUT2D eigenvalue weighted by molar-refractivity contribution is 7.11. The number of amidine groups is 1. The number of fused-ring (bicyclic) bond motifs is 1. The van der Waals surface area contributed by atoms with Crippen LogP contribution in [-0.2, 0) is 14.3 Å². The van der Waals surface area contributed by atoms with E-state index in [1.54, 1.807) is 13.1 Å². The summed E-state index contributed by atoms with van der Waals surface area (Å²) in [5.41, 5.74) is 1.45. The summed E-state index contributed by atoms with van der Waals surface area (Å²) in [4.78, 5) is 34.4. The molecule has 1 aromatic rings. The Morgan fingerprint density at radius 3 is 3.00 bits per heavy atom. The van der Waals surface area contributed by atoms with E-state index in [9.17, 15) is 9.59 Å². The molecule has 1 atom stereocenters. The fourth-order valence-electron chi connectivity index (χ4n) is 2.87. The van der Waals surface area contributed by atoms with Crippen molar-refractivity contribution in [1.29, 1.82) is 0 Å². The number of thiazole rings is 1. The normalized spacial score (nSPS) is 20.2. The van der Waals surface area contributed by atoms with Gasteiger partial charge in [0.25, 0.3) is 0 Å². The van der Waals surface area contributed by atoms with Crippen molar-refractivity contribution in [2.75, 3.05) is 19.7 Å². The SMILES string of the molecule is CCOC(=O)C1=C2CC(NC(C)=O)CN2C(c2nccs2)=NC1. The monoisotopic (exact) mass is 334 g/mol. The third-order valence-electron chi connectivity index (χ3n) is 3.71. The Kier molecular flexibility index (Phi) is 4.42. The maximum atomic E-state index is 12.2. The zero-order valence-electron chi connectivity index (χ0n) is 13.0. The van der Waals surface area contributed by atoms with E-state index in [1.807, 2.05) is 10.3 Å². The van der Waals surface area contributed by atoms with E-state index in [0.29, 0.717) is 25.1 Å². The van der Waals surface area contributed by atoms with Gasteiger partial charge >= 0.3 is 5.97 Å². The third-order valence-corrected chi connectivity index (χ3v) is 4.48. The standard InChI is InChI=1S/C15H18N4O3S/c1-3-22-15(21)11-7-17-13(14-16-4-5-23-14)19-8-10(6-12(11)19)18-9(2)20/h4-5,10H,3,6-8H2,1-2H3,(H,18,20). The van der Waals surface area contributed by atoms with Gasteiger partial charge in [0.05, 0.1) is 24.8 Å². The van der Waals surface area contributed by atoms with Crippen LogP contribution >= 0.6 is 11.3 Å². The minimum Gasteiger partial charge on any atom is -0.463 e. The zero-order chi connectivity index (χ0) is 16.4. The molecule has 0 aliphatic carbocycles. The van der Waals surface area contributed by atoms with Crippen molar-refractivity contribution >= 4 is 29.0 Å². The van der Waals surface area contributed by atoms with Gasteiger partial charge in [-0.2, -0.15) is 0 Å². The van der Waals surface area contributed by atoms with Crippen molar-refractivity contribution in [2.45, 2.75) is 26.3 Å². The van der Waals surface area contributed by atoms with Crippen LogP contribution in [0, 0.1) is 0 Å².